The number of likely N-dealkylation sites (tertiary alicyclic amines) is 1. The summed E-state index contributed by atoms with van der Waals surface area (Å²) in [6.07, 6.45) is 1.85. The van der Waals surface area contributed by atoms with E-state index in [1.165, 1.54) is 0 Å². The van der Waals surface area contributed by atoms with Crippen LogP contribution in [0.2, 0.25) is 0 Å². The minimum Gasteiger partial charge on any atom is -0.396 e. The van der Waals surface area contributed by atoms with Gasteiger partial charge in [-0.2, -0.15) is 0 Å². The minimum atomic E-state index is -0.249. The van der Waals surface area contributed by atoms with Gasteiger partial charge < -0.3 is 10.0 Å². The molecule has 1 heterocycles. The molecule has 1 aliphatic heterocycles. The van der Waals surface area contributed by atoms with Crippen LogP contribution in [0.5, 0.6) is 0 Å². The Balaban J connectivity index is 2.26. The first kappa shape index (κ1) is 15.0. The summed E-state index contributed by atoms with van der Waals surface area (Å²) in [5.74, 6) is -0.166. The van der Waals surface area contributed by atoms with Crippen molar-refractivity contribution in [3.8, 4) is 0 Å². The van der Waals surface area contributed by atoms with Crippen molar-refractivity contribution in [2.45, 2.75) is 39.7 Å². The van der Waals surface area contributed by atoms with E-state index in [4.69, 9.17) is 0 Å². The van der Waals surface area contributed by atoms with Gasteiger partial charge in [0.15, 0.2) is 0 Å². The number of hydrogen-bond acceptors (Lipinski definition) is 2. The molecule has 1 aromatic carbocycles. The number of hydrogen-bond donors (Lipinski definition) is 1. The Hall–Kier alpha value is -1.42. The lowest BCUT2D eigenvalue weighted by Crippen LogP contribution is -2.46. The number of aliphatic hydroxyl groups excluding tert-OH is 1. The average molecular weight is 279 g/mol. The van der Waals surface area contributed by atoms with Crippen LogP contribution in [0.1, 0.15) is 41.3 Å². The third-order valence-electron chi connectivity index (χ3n) is 4.18. The molecule has 2 rings (SSSR count). The number of amides is 1. The highest BCUT2D eigenvalue weighted by Gasteiger charge is 2.29. The molecule has 1 fully saturated rings. The van der Waals surface area contributed by atoms with E-state index in [-0.39, 0.29) is 30.3 Å². The Morgan fingerprint density at radius 1 is 1.35 bits per heavy atom. The van der Waals surface area contributed by atoms with Gasteiger partial charge in [0.05, 0.1) is 0 Å². The molecule has 2 unspecified atom stereocenters. The molecule has 1 N–H and O–H groups in total. The number of carbonyl (C=O) groups is 1. The van der Waals surface area contributed by atoms with Crippen LogP contribution in [0.4, 0.5) is 4.39 Å². The highest BCUT2D eigenvalue weighted by Crippen LogP contribution is 2.24. The maximum atomic E-state index is 13.7. The van der Waals surface area contributed by atoms with E-state index in [0.29, 0.717) is 23.2 Å². The molecule has 2 atom stereocenters. The van der Waals surface area contributed by atoms with Gasteiger partial charge in [-0.1, -0.05) is 0 Å². The quantitative estimate of drug-likeness (QED) is 0.904. The van der Waals surface area contributed by atoms with Crippen molar-refractivity contribution in [2.75, 3.05) is 13.2 Å². The first-order chi connectivity index (χ1) is 9.43. The molecule has 0 radical (unpaired) electrons. The van der Waals surface area contributed by atoms with Crippen LogP contribution in [-0.2, 0) is 0 Å². The number of carbonyl (C=O) groups excluding carboxylic acids is 1. The predicted octanol–water partition coefficient (Wildman–Crippen LogP) is 2.68. The summed E-state index contributed by atoms with van der Waals surface area (Å²) in [6, 6.07) is 3.39. The fourth-order valence-corrected chi connectivity index (χ4v) is 2.85. The lowest BCUT2D eigenvalue weighted by Gasteiger charge is -2.37. The monoisotopic (exact) mass is 279 g/mol. The third kappa shape index (κ3) is 2.85. The van der Waals surface area contributed by atoms with E-state index >= 15 is 0 Å². The second-order valence-electron chi connectivity index (χ2n) is 5.86. The average Bonchev–Trinajstić information content (AvgIpc) is 2.44. The van der Waals surface area contributed by atoms with Crippen molar-refractivity contribution >= 4 is 5.91 Å². The molecule has 20 heavy (non-hydrogen) atoms. The molecule has 1 aromatic rings. The van der Waals surface area contributed by atoms with Gasteiger partial charge in [-0.3, -0.25) is 4.79 Å². The first-order valence-electron chi connectivity index (χ1n) is 7.12. The van der Waals surface area contributed by atoms with Gasteiger partial charge in [0.25, 0.3) is 5.91 Å². The topological polar surface area (TPSA) is 40.5 Å². The van der Waals surface area contributed by atoms with E-state index in [9.17, 15) is 14.3 Å². The molecule has 1 amide bonds. The molecule has 0 spiro atoms. The van der Waals surface area contributed by atoms with Gasteiger partial charge in [-0.15, -0.1) is 0 Å². The number of piperidine rings is 1. The molecular formula is C16H22FNO2. The summed E-state index contributed by atoms with van der Waals surface area (Å²) in [5.41, 5.74) is 1.53. The molecule has 4 heteroatoms. The smallest absolute Gasteiger partial charge is 0.254 e. The minimum absolute atomic E-state index is 0.0677. The summed E-state index contributed by atoms with van der Waals surface area (Å²) in [5, 5.41) is 9.28. The lowest BCUT2D eigenvalue weighted by atomic mass is 9.93. The van der Waals surface area contributed by atoms with E-state index in [1.54, 1.807) is 30.9 Å². The summed E-state index contributed by atoms with van der Waals surface area (Å²) in [6.45, 7) is 6.06. The Kier molecular flexibility index (Phi) is 4.43. The molecule has 110 valence electrons. The van der Waals surface area contributed by atoms with Gasteiger partial charge in [-0.25, -0.2) is 4.39 Å². The fourth-order valence-electron chi connectivity index (χ4n) is 2.85. The molecule has 0 saturated carbocycles. The highest BCUT2D eigenvalue weighted by molar-refractivity contribution is 5.95. The number of rotatable bonds is 2. The van der Waals surface area contributed by atoms with Crippen molar-refractivity contribution in [3.05, 3.63) is 34.6 Å². The van der Waals surface area contributed by atoms with E-state index in [0.717, 1.165) is 12.8 Å². The van der Waals surface area contributed by atoms with Gasteiger partial charge in [-0.05, 0) is 62.8 Å². The molecule has 0 bridgehead atoms. The van der Waals surface area contributed by atoms with Crippen LogP contribution in [0, 0.1) is 25.6 Å². The Labute approximate surface area is 119 Å². The maximum Gasteiger partial charge on any atom is 0.254 e. The standard InChI is InChI=1S/C16H22FNO2/c1-10-6-14(7-11(2)15(10)17)16(20)18-8-13(9-19)5-4-12(18)3/h6-7,12-13,19H,4-5,8-9H2,1-3H3. The van der Waals surface area contributed by atoms with Crippen LogP contribution >= 0.6 is 0 Å². The van der Waals surface area contributed by atoms with Crippen molar-refractivity contribution in [1.29, 1.82) is 0 Å². The van der Waals surface area contributed by atoms with Crippen molar-refractivity contribution in [1.82, 2.24) is 4.90 Å². The van der Waals surface area contributed by atoms with Crippen LogP contribution in [0.25, 0.3) is 0 Å². The highest BCUT2D eigenvalue weighted by atomic mass is 19.1. The number of benzene rings is 1. The van der Waals surface area contributed by atoms with Gasteiger partial charge in [0.2, 0.25) is 0 Å². The second kappa shape index (κ2) is 5.92. The third-order valence-corrected chi connectivity index (χ3v) is 4.18. The normalized spacial score (nSPS) is 22.9. The van der Waals surface area contributed by atoms with Crippen LogP contribution < -0.4 is 0 Å². The fraction of sp³-hybridized carbons (Fsp3) is 0.562. The summed E-state index contributed by atoms with van der Waals surface area (Å²) < 4.78 is 13.7. The molecule has 1 saturated heterocycles. The number of aliphatic hydroxyl groups is 1. The predicted molar refractivity (Wildman–Crippen MR) is 76.2 cm³/mol. The Morgan fingerprint density at radius 3 is 2.50 bits per heavy atom. The van der Waals surface area contributed by atoms with Crippen LogP contribution in [0.3, 0.4) is 0 Å². The van der Waals surface area contributed by atoms with E-state index in [2.05, 4.69) is 0 Å². The zero-order chi connectivity index (χ0) is 14.9. The zero-order valence-corrected chi connectivity index (χ0v) is 12.3. The molecule has 1 aliphatic rings. The molecular weight excluding hydrogens is 257 g/mol. The Morgan fingerprint density at radius 2 is 1.95 bits per heavy atom. The molecule has 0 aliphatic carbocycles. The van der Waals surface area contributed by atoms with Crippen LogP contribution in [0.15, 0.2) is 12.1 Å². The second-order valence-corrected chi connectivity index (χ2v) is 5.86. The summed E-state index contributed by atoms with van der Waals surface area (Å²) >= 11 is 0. The SMILES string of the molecule is Cc1cc(C(=O)N2CC(CO)CCC2C)cc(C)c1F. The lowest BCUT2D eigenvalue weighted by molar-refractivity contribution is 0.0488. The van der Waals surface area contributed by atoms with Crippen molar-refractivity contribution in [2.24, 2.45) is 5.92 Å². The van der Waals surface area contributed by atoms with Gasteiger partial charge >= 0.3 is 0 Å². The molecule has 3 nitrogen and oxygen atoms in total. The van der Waals surface area contributed by atoms with E-state index < -0.39 is 0 Å². The van der Waals surface area contributed by atoms with Crippen LogP contribution in [-0.4, -0.2) is 35.1 Å². The van der Waals surface area contributed by atoms with Crippen molar-refractivity contribution < 1.29 is 14.3 Å². The number of halogens is 1. The Bertz CT molecular complexity index is 492. The summed E-state index contributed by atoms with van der Waals surface area (Å²) in [7, 11) is 0. The van der Waals surface area contributed by atoms with Crippen molar-refractivity contribution in [3.63, 3.8) is 0 Å². The number of nitrogens with zero attached hydrogens (tertiary/aromatic N) is 1. The van der Waals surface area contributed by atoms with Gasteiger partial charge in [0, 0.05) is 24.8 Å². The summed E-state index contributed by atoms with van der Waals surface area (Å²) in [4.78, 5) is 14.4. The molecule has 0 aromatic heterocycles. The van der Waals surface area contributed by atoms with Gasteiger partial charge in [0.1, 0.15) is 5.82 Å². The largest absolute Gasteiger partial charge is 0.396 e. The number of aryl methyl sites for hydroxylation is 2. The first-order valence-corrected chi connectivity index (χ1v) is 7.12. The van der Waals surface area contributed by atoms with E-state index in [1.807, 2.05) is 6.92 Å². The zero-order valence-electron chi connectivity index (χ0n) is 12.3. The maximum absolute atomic E-state index is 13.7.